The summed E-state index contributed by atoms with van der Waals surface area (Å²) in [6.45, 7) is 7.83. The molecule has 0 bridgehead atoms. The number of benzene rings is 1. The first kappa shape index (κ1) is 15.1. The molecule has 1 aromatic carbocycles. The molecule has 112 valence electrons. The molecule has 0 spiro atoms. The number of nitrogens with zero attached hydrogens (tertiary/aromatic N) is 2. The van der Waals surface area contributed by atoms with Crippen LogP contribution in [0.1, 0.15) is 39.3 Å². The molecule has 5 nitrogen and oxygen atoms in total. The Morgan fingerprint density at radius 1 is 1.24 bits per heavy atom. The second-order valence-electron chi connectivity index (χ2n) is 5.96. The van der Waals surface area contributed by atoms with Crippen molar-refractivity contribution in [2.24, 2.45) is 0 Å². The molecule has 1 amide bonds. The Hall–Kier alpha value is -2.30. The third-order valence-electron chi connectivity index (χ3n) is 3.60. The Kier molecular flexibility index (Phi) is 4.02. The molecule has 0 unspecified atom stereocenters. The lowest BCUT2D eigenvalue weighted by atomic mass is 9.83. The summed E-state index contributed by atoms with van der Waals surface area (Å²) in [6, 6.07) is 9.38. The maximum Gasteiger partial charge on any atom is 0.235 e. The van der Waals surface area contributed by atoms with Gasteiger partial charge in [0.25, 0.3) is 0 Å². The normalized spacial score (nSPS) is 11.7. The van der Waals surface area contributed by atoms with Gasteiger partial charge in [0.15, 0.2) is 0 Å². The van der Waals surface area contributed by atoms with E-state index in [1.165, 1.54) is 0 Å². The van der Waals surface area contributed by atoms with Crippen LogP contribution in [0.15, 0.2) is 36.5 Å². The predicted molar refractivity (Wildman–Crippen MR) is 85.1 cm³/mol. The van der Waals surface area contributed by atoms with Crippen molar-refractivity contribution in [2.45, 2.75) is 39.2 Å². The molecular formula is C16H22N4O. The molecule has 3 N–H and O–H groups in total. The number of hydrogen-bond acceptors (Lipinski definition) is 3. The van der Waals surface area contributed by atoms with Crippen molar-refractivity contribution in [3.8, 4) is 0 Å². The summed E-state index contributed by atoms with van der Waals surface area (Å²) >= 11 is 0. The number of nitrogens with two attached hydrogens (primary N) is 1. The van der Waals surface area contributed by atoms with Crippen molar-refractivity contribution in [2.75, 3.05) is 11.1 Å². The maximum absolute atomic E-state index is 12.6. The Bertz CT molecular complexity index is 626. The van der Waals surface area contributed by atoms with Gasteiger partial charge in [0.1, 0.15) is 5.82 Å². The fraction of sp³-hybridized carbons (Fsp3) is 0.375. The smallest absolute Gasteiger partial charge is 0.235 e. The van der Waals surface area contributed by atoms with Crippen LogP contribution in [-0.2, 0) is 10.2 Å². The van der Waals surface area contributed by atoms with Crippen molar-refractivity contribution in [1.82, 2.24) is 9.78 Å². The average molecular weight is 286 g/mol. The third kappa shape index (κ3) is 3.07. The number of aromatic nitrogens is 2. The van der Waals surface area contributed by atoms with E-state index in [0.717, 1.165) is 5.56 Å². The molecule has 0 fully saturated rings. The van der Waals surface area contributed by atoms with E-state index in [9.17, 15) is 4.79 Å². The minimum Gasteiger partial charge on any atom is -0.399 e. The van der Waals surface area contributed by atoms with Gasteiger partial charge in [-0.25, -0.2) is 4.68 Å². The van der Waals surface area contributed by atoms with Gasteiger partial charge in [0, 0.05) is 17.8 Å². The van der Waals surface area contributed by atoms with Gasteiger partial charge in [0.2, 0.25) is 5.91 Å². The van der Waals surface area contributed by atoms with Gasteiger partial charge in [0.05, 0.1) is 11.6 Å². The second-order valence-corrected chi connectivity index (χ2v) is 5.96. The fourth-order valence-corrected chi connectivity index (χ4v) is 2.13. The van der Waals surface area contributed by atoms with E-state index in [2.05, 4.69) is 10.4 Å². The summed E-state index contributed by atoms with van der Waals surface area (Å²) in [5, 5.41) is 7.18. The van der Waals surface area contributed by atoms with Crippen molar-refractivity contribution in [1.29, 1.82) is 0 Å². The Balaban J connectivity index is 2.22. The number of carbonyl (C=O) groups is 1. The number of carbonyl (C=O) groups excluding carboxylic acids is 1. The molecule has 0 aliphatic rings. The summed E-state index contributed by atoms with van der Waals surface area (Å²) in [5.41, 5.74) is 6.65. The zero-order valence-electron chi connectivity index (χ0n) is 12.9. The minimum atomic E-state index is -0.653. The van der Waals surface area contributed by atoms with E-state index >= 15 is 0 Å². The van der Waals surface area contributed by atoms with E-state index < -0.39 is 5.41 Å². The van der Waals surface area contributed by atoms with Crippen LogP contribution in [-0.4, -0.2) is 15.7 Å². The Morgan fingerprint density at radius 3 is 2.43 bits per heavy atom. The van der Waals surface area contributed by atoms with Gasteiger partial charge in [-0.1, -0.05) is 12.1 Å². The number of amides is 1. The van der Waals surface area contributed by atoms with Crippen molar-refractivity contribution < 1.29 is 4.79 Å². The molecule has 0 aliphatic carbocycles. The first-order valence-corrected chi connectivity index (χ1v) is 7.03. The first-order chi connectivity index (χ1) is 9.82. The molecule has 0 aliphatic heterocycles. The molecule has 0 saturated heterocycles. The summed E-state index contributed by atoms with van der Waals surface area (Å²) in [5.74, 6) is 0.633. The molecular weight excluding hydrogens is 264 g/mol. The third-order valence-corrected chi connectivity index (χ3v) is 3.60. The van der Waals surface area contributed by atoms with Crippen LogP contribution in [0.2, 0.25) is 0 Å². The zero-order chi connectivity index (χ0) is 15.6. The molecule has 5 heteroatoms. The number of hydrogen-bond donors (Lipinski definition) is 2. The van der Waals surface area contributed by atoms with Crippen LogP contribution in [0.5, 0.6) is 0 Å². The second kappa shape index (κ2) is 5.60. The maximum atomic E-state index is 12.6. The lowest BCUT2D eigenvalue weighted by Crippen LogP contribution is -2.35. The number of nitrogen functional groups attached to an aromatic ring is 1. The van der Waals surface area contributed by atoms with Crippen molar-refractivity contribution >= 4 is 17.4 Å². The highest BCUT2D eigenvalue weighted by Crippen LogP contribution is 2.26. The number of anilines is 2. The van der Waals surface area contributed by atoms with Crippen LogP contribution < -0.4 is 11.1 Å². The monoisotopic (exact) mass is 286 g/mol. The van der Waals surface area contributed by atoms with Gasteiger partial charge >= 0.3 is 0 Å². The van der Waals surface area contributed by atoms with Crippen LogP contribution in [0, 0.1) is 0 Å². The van der Waals surface area contributed by atoms with Crippen LogP contribution in [0.4, 0.5) is 11.5 Å². The molecule has 2 rings (SSSR count). The SMILES string of the molecule is CC(C)n1nccc1NC(=O)C(C)(C)c1ccc(N)cc1. The Morgan fingerprint density at radius 2 is 1.86 bits per heavy atom. The largest absolute Gasteiger partial charge is 0.399 e. The summed E-state index contributed by atoms with van der Waals surface area (Å²) in [4.78, 5) is 12.6. The molecule has 1 aromatic heterocycles. The topological polar surface area (TPSA) is 72.9 Å². The highest BCUT2D eigenvalue weighted by Gasteiger charge is 2.30. The molecule has 2 aromatic rings. The zero-order valence-corrected chi connectivity index (χ0v) is 12.9. The van der Waals surface area contributed by atoms with Gasteiger partial charge < -0.3 is 11.1 Å². The predicted octanol–water partition coefficient (Wildman–Crippen LogP) is 2.96. The summed E-state index contributed by atoms with van der Waals surface area (Å²) < 4.78 is 1.79. The van der Waals surface area contributed by atoms with Gasteiger partial charge in [-0.3, -0.25) is 4.79 Å². The fourth-order valence-electron chi connectivity index (χ4n) is 2.13. The quantitative estimate of drug-likeness (QED) is 0.849. The summed E-state index contributed by atoms with van der Waals surface area (Å²) in [6.07, 6.45) is 1.69. The molecule has 0 atom stereocenters. The first-order valence-electron chi connectivity index (χ1n) is 7.03. The highest BCUT2D eigenvalue weighted by atomic mass is 16.2. The average Bonchev–Trinajstić information content (AvgIpc) is 2.87. The van der Waals surface area contributed by atoms with Gasteiger partial charge in [-0.15, -0.1) is 0 Å². The van der Waals surface area contributed by atoms with Crippen LogP contribution in [0.25, 0.3) is 0 Å². The number of nitrogens with one attached hydrogen (secondary N) is 1. The standard InChI is InChI=1S/C16H22N4O/c1-11(2)20-14(9-10-18-20)19-15(21)16(3,4)12-5-7-13(17)8-6-12/h5-11H,17H2,1-4H3,(H,19,21). The van der Waals surface area contributed by atoms with E-state index in [-0.39, 0.29) is 11.9 Å². The van der Waals surface area contributed by atoms with Crippen LogP contribution >= 0.6 is 0 Å². The van der Waals surface area contributed by atoms with E-state index in [4.69, 9.17) is 5.73 Å². The highest BCUT2D eigenvalue weighted by molar-refractivity contribution is 5.98. The lowest BCUT2D eigenvalue weighted by Gasteiger charge is -2.25. The number of rotatable bonds is 4. The van der Waals surface area contributed by atoms with Crippen LogP contribution in [0.3, 0.4) is 0 Å². The van der Waals surface area contributed by atoms with Crippen molar-refractivity contribution in [3.05, 3.63) is 42.1 Å². The van der Waals surface area contributed by atoms with E-state index in [1.54, 1.807) is 16.9 Å². The Labute approximate surface area is 125 Å². The molecule has 21 heavy (non-hydrogen) atoms. The van der Waals surface area contributed by atoms with E-state index in [0.29, 0.717) is 11.5 Å². The minimum absolute atomic E-state index is 0.0744. The molecule has 1 heterocycles. The van der Waals surface area contributed by atoms with Gasteiger partial charge in [-0.2, -0.15) is 5.10 Å². The molecule has 0 saturated carbocycles. The lowest BCUT2D eigenvalue weighted by molar-refractivity contribution is -0.120. The van der Waals surface area contributed by atoms with Crippen molar-refractivity contribution in [3.63, 3.8) is 0 Å². The van der Waals surface area contributed by atoms with E-state index in [1.807, 2.05) is 52.0 Å². The molecule has 0 radical (unpaired) electrons. The summed E-state index contributed by atoms with van der Waals surface area (Å²) in [7, 11) is 0. The van der Waals surface area contributed by atoms with Gasteiger partial charge in [-0.05, 0) is 45.4 Å².